The van der Waals surface area contributed by atoms with Gasteiger partial charge in [0.2, 0.25) is 10.0 Å². The van der Waals surface area contributed by atoms with Gasteiger partial charge in [-0.2, -0.15) is 4.31 Å². The minimum atomic E-state index is -3.63. The van der Waals surface area contributed by atoms with Gasteiger partial charge in [-0.15, -0.1) is 0 Å². The maximum atomic E-state index is 12.9. The summed E-state index contributed by atoms with van der Waals surface area (Å²) in [5.74, 6) is -0.633. The minimum absolute atomic E-state index is 0.00307. The molecule has 0 radical (unpaired) electrons. The van der Waals surface area contributed by atoms with Gasteiger partial charge in [0.25, 0.3) is 5.69 Å². The number of nitrogens with zero attached hydrogens (tertiary/aromatic N) is 2. The van der Waals surface area contributed by atoms with Gasteiger partial charge in [0, 0.05) is 25.2 Å². The van der Waals surface area contributed by atoms with Gasteiger partial charge in [-0.3, -0.25) is 10.1 Å². The molecule has 1 aliphatic carbocycles. The van der Waals surface area contributed by atoms with Crippen LogP contribution in [-0.2, 0) is 21.4 Å². The van der Waals surface area contributed by atoms with Crippen LogP contribution >= 0.6 is 0 Å². The summed E-state index contributed by atoms with van der Waals surface area (Å²) in [5.41, 5.74) is 0.616. The highest BCUT2D eigenvalue weighted by Crippen LogP contribution is 2.26. The molecule has 1 aliphatic rings. The molecular weight excluding hydrogens is 408 g/mol. The summed E-state index contributed by atoms with van der Waals surface area (Å²) >= 11 is 0. The van der Waals surface area contributed by atoms with Gasteiger partial charge in [0.15, 0.2) is 0 Å². The largest absolute Gasteiger partial charge is 0.457 e. The number of esters is 1. The third kappa shape index (κ3) is 5.03. The molecule has 3 rings (SSSR count). The van der Waals surface area contributed by atoms with Crippen LogP contribution in [0.15, 0.2) is 53.4 Å². The lowest BCUT2D eigenvalue weighted by Gasteiger charge is -2.30. The highest BCUT2D eigenvalue weighted by molar-refractivity contribution is 7.89. The van der Waals surface area contributed by atoms with Crippen molar-refractivity contribution in [3.63, 3.8) is 0 Å². The second-order valence-corrected chi connectivity index (χ2v) is 9.34. The van der Waals surface area contributed by atoms with Gasteiger partial charge in [-0.25, -0.2) is 13.2 Å². The van der Waals surface area contributed by atoms with Crippen molar-refractivity contribution in [1.82, 2.24) is 4.31 Å². The normalized spacial score (nSPS) is 15.1. The zero-order valence-corrected chi connectivity index (χ0v) is 17.5. The van der Waals surface area contributed by atoms with Crippen molar-refractivity contribution in [3.8, 4) is 0 Å². The van der Waals surface area contributed by atoms with Gasteiger partial charge in [-0.05, 0) is 42.7 Å². The Morgan fingerprint density at radius 2 is 1.80 bits per heavy atom. The van der Waals surface area contributed by atoms with Gasteiger partial charge in [-0.1, -0.05) is 31.4 Å². The molecule has 2 aromatic carbocycles. The second kappa shape index (κ2) is 9.36. The SMILES string of the molecule is CN(C1CCCCC1)S(=O)(=O)c1ccc(C(=O)OCc2cccc([N+](=O)[O-])c2)cc1. The van der Waals surface area contributed by atoms with Crippen LogP contribution in [0.3, 0.4) is 0 Å². The summed E-state index contributed by atoms with van der Waals surface area (Å²) in [4.78, 5) is 22.7. The Bertz CT molecular complexity index is 1010. The molecule has 1 saturated carbocycles. The van der Waals surface area contributed by atoms with E-state index in [0.717, 1.165) is 32.1 Å². The van der Waals surface area contributed by atoms with E-state index in [-0.39, 0.29) is 28.8 Å². The number of hydrogen-bond acceptors (Lipinski definition) is 6. The zero-order chi connectivity index (χ0) is 21.7. The summed E-state index contributed by atoms with van der Waals surface area (Å²) in [6.45, 7) is -0.120. The Morgan fingerprint density at radius 1 is 1.13 bits per heavy atom. The molecule has 0 saturated heterocycles. The first kappa shape index (κ1) is 21.9. The van der Waals surface area contributed by atoms with E-state index in [1.54, 1.807) is 13.1 Å². The number of nitro benzene ring substituents is 1. The van der Waals surface area contributed by atoms with Crippen LogP contribution in [0.2, 0.25) is 0 Å². The van der Waals surface area contributed by atoms with Crippen LogP contribution < -0.4 is 0 Å². The fourth-order valence-electron chi connectivity index (χ4n) is 3.56. The standard InChI is InChI=1S/C21H24N2O6S/c1-22(18-7-3-2-4-8-18)30(27,28)20-12-10-17(11-13-20)21(24)29-15-16-6-5-9-19(14-16)23(25)26/h5-6,9-14,18H,2-4,7-8,15H2,1H3. The molecule has 0 amide bonds. The van der Waals surface area contributed by atoms with E-state index in [0.29, 0.717) is 5.56 Å². The van der Waals surface area contributed by atoms with Crippen molar-refractivity contribution >= 4 is 21.7 Å². The van der Waals surface area contributed by atoms with Crippen molar-refractivity contribution < 1.29 is 22.9 Å². The van der Waals surface area contributed by atoms with E-state index in [9.17, 15) is 23.3 Å². The van der Waals surface area contributed by atoms with Crippen LogP contribution in [0.4, 0.5) is 5.69 Å². The van der Waals surface area contributed by atoms with E-state index in [1.807, 2.05) is 0 Å². The van der Waals surface area contributed by atoms with Crippen molar-refractivity contribution in [3.05, 3.63) is 69.8 Å². The summed E-state index contributed by atoms with van der Waals surface area (Å²) in [7, 11) is -2.03. The molecule has 0 atom stereocenters. The fourth-order valence-corrected chi connectivity index (χ4v) is 4.98. The first-order valence-corrected chi connectivity index (χ1v) is 11.2. The van der Waals surface area contributed by atoms with Gasteiger partial charge in [0.05, 0.1) is 15.4 Å². The van der Waals surface area contributed by atoms with Crippen LogP contribution in [0.5, 0.6) is 0 Å². The highest BCUT2D eigenvalue weighted by Gasteiger charge is 2.29. The topological polar surface area (TPSA) is 107 Å². The van der Waals surface area contributed by atoms with Crippen molar-refractivity contribution in [2.75, 3.05) is 7.05 Å². The quantitative estimate of drug-likeness (QED) is 0.373. The molecular formula is C21H24N2O6S. The van der Waals surface area contributed by atoms with E-state index < -0.39 is 20.9 Å². The summed E-state index contributed by atoms with van der Waals surface area (Å²) in [5, 5.41) is 10.8. The molecule has 160 valence electrons. The summed E-state index contributed by atoms with van der Waals surface area (Å²) < 4.78 is 32.4. The average molecular weight is 432 g/mol. The van der Waals surface area contributed by atoms with Gasteiger partial charge in [0.1, 0.15) is 6.61 Å². The maximum absolute atomic E-state index is 12.9. The molecule has 0 bridgehead atoms. The Balaban J connectivity index is 1.65. The summed E-state index contributed by atoms with van der Waals surface area (Å²) in [6, 6.07) is 11.5. The molecule has 0 spiro atoms. The smallest absolute Gasteiger partial charge is 0.338 e. The predicted molar refractivity (Wildman–Crippen MR) is 110 cm³/mol. The third-order valence-electron chi connectivity index (χ3n) is 5.35. The Kier molecular flexibility index (Phi) is 6.84. The average Bonchev–Trinajstić information content (AvgIpc) is 2.77. The number of non-ortho nitro benzene ring substituents is 1. The lowest BCUT2D eigenvalue weighted by molar-refractivity contribution is -0.384. The summed E-state index contributed by atoms with van der Waals surface area (Å²) in [6.07, 6.45) is 4.91. The second-order valence-electron chi connectivity index (χ2n) is 7.34. The number of benzene rings is 2. The number of sulfonamides is 1. The molecule has 0 heterocycles. The van der Waals surface area contributed by atoms with Crippen LogP contribution in [0.1, 0.15) is 48.0 Å². The number of hydrogen-bond donors (Lipinski definition) is 0. The molecule has 8 nitrogen and oxygen atoms in total. The third-order valence-corrected chi connectivity index (χ3v) is 7.27. The van der Waals surface area contributed by atoms with Crippen molar-refractivity contribution in [2.45, 2.75) is 49.6 Å². The van der Waals surface area contributed by atoms with Crippen LogP contribution in [0, 0.1) is 10.1 Å². The van der Waals surface area contributed by atoms with E-state index in [2.05, 4.69) is 0 Å². The Morgan fingerprint density at radius 3 is 2.43 bits per heavy atom. The van der Waals surface area contributed by atoms with E-state index in [4.69, 9.17) is 4.74 Å². The zero-order valence-electron chi connectivity index (χ0n) is 16.7. The van der Waals surface area contributed by atoms with E-state index >= 15 is 0 Å². The van der Waals surface area contributed by atoms with Crippen molar-refractivity contribution in [2.24, 2.45) is 0 Å². The Labute approximate surface area is 175 Å². The molecule has 30 heavy (non-hydrogen) atoms. The Hall–Kier alpha value is -2.78. The molecule has 0 aromatic heterocycles. The minimum Gasteiger partial charge on any atom is -0.457 e. The molecule has 0 unspecified atom stereocenters. The first-order valence-electron chi connectivity index (χ1n) is 9.77. The maximum Gasteiger partial charge on any atom is 0.338 e. The number of carbonyl (C=O) groups is 1. The number of carbonyl (C=O) groups excluding carboxylic acids is 1. The predicted octanol–water partition coefficient (Wildman–Crippen LogP) is 3.91. The van der Waals surface area contributed by atoms with Crippen LogP contribution in [-0.4, -0.2) is 36.7 Å². The number of nitro groups is 1. The molecule has 2 aromatic rings. The molecule has 9 heteroatoms. The lowest BCUT2D eigenvalue weighted by Crippen LogP contribution is -2.38. The van der Waals surface area contributed by atoms with Crippen LogP contribution in [0.25, 0.3) is 0 Å². The molecule has 1 fully saturated rings. The van der Waals surface area contributed by atoms with Gasteiger partial charge < -0.3 is 4.74 Å². The lowest BCUT2D eigenvalue weighted by atomic mass is 9.96. The fraction of sp³-hybridized carbons (Fsp3) is 0.381. The monoisotopic (exact) mass is 432 g/mol. The van der Waals surface area contributed by atoms with E-state index in [1.165, 1.54) is 46.8 Å². The van der Waals surface area contributed by atoms with Crippen molar-refractivity contribution in [1.29, 1.82) is 0 Å². The molecule has 0 N–H and O–H groups in total. The van der Waals surface area contributed by atoms with Gasteiger partial charge >= 0.3 is 5.97 Å². The number of ether oxygens (including phenoxy) is 1. The first-order chi connectivity index (χ1) is 14.3. The number of rotatable bonds is 7. The molecule has 0 aliphatic heterocycles. The highest BCUT2D eigenvalue weighted by atomic mass is 32.2.